The number of rotatable bonds is 6. The monoisotopic (exact) mass is 288 g/mol. The maximum absolute atomic E-state index is 12.8. The van der Waals surface area contributed by atoms with E-state index in [1.165, 1.54) is 17.7 Å². The molecule has 1 aromatic carbocycles. The van der Waals surface area contributed by atoms with Gasteiger partial charge in [-0.05, 0) is 36.0 Å². The average Bonchev–Trinajstić information content (AvgIpc) is 2.30. The van der Waals surface area contributed by atoms with Gasteiger partial charge in [0, 0.05) is 19.0 Å². The fourth-order valence-corrected chi connectivity index (χ4v) is 2.80. The van der Waals surface area contributed by atoms with Crippen molar-refractivity contribution in [2.24, 2.45) is 5.92 Å². The van der Waals surface area contributed by atoms with Crippen LogP contribution in [0, 0.1) is 11.7 Å². The molecule has 3 heteroatoms. The van der Waals surface area contributed by atoms with E-state index >= 15 is 0 Å². The van der Waals surface area contributed by atoms with Crippen LogP contribution in [0.5, 0.6) is 0 Å². The lowest BCUT2D eigenvalue weighted by molar-refractivity contribution is 0.176. The van der Waals surface area contributed by atoms with Crippen LogP contribution in [0.3, 0.4) is 0 Å². The fraction of sp³-hybridized carbons (Fsp3) is 0.538. The van der Waals surface area contributed by atoms with Crippen molar-refractivity contribution < 1.29 is 9.13 Å². The van der Waals surface area contributed by atoms with Gasteiger partial charge in [0.05, 0.1) is 0 Å². The van der Waals surface area contributed by atoms with Crippen LogP contribution < -0.4 is 0 Å². The van der Waals surface area contributed by atoms with Crippen LogP contribution in [-0.4, -0.2) is 19.0 Å². The molecule has 0 N–H and O–H groups in total. The van der Waals surface area contributed by atoms with Gasteiger partial charge in [-0.2, -0.15) is 0 Å². The van der Waals surface area contributed by atoms with Crippen molar-refractivity contribution in [1.29, 1.82) is 0 Å². The first-order valence-corrected chi connectivity index (χ1v) is 6.61. The Balaban J connectivity index is 2.69. The van der Waals surface area contributed by atoms with Crippen LogP contribution >= 0.6 is 15.9 Å². The van der Waals surface area contributed by atoms with Crippen molar-refractivity contribution in [2.75, 3.05) is 19.0 Å². The van der Waals surface area contributed by atoms with E-state index in [9.17, 15) is 4.39 Å². The summed E-state index contributed by atoms with van der Waals surface area (Å²) in [5, 5.41) is 0.892. The SMILES string of the molecule is COCCC(C)C(CBr)c1ccc(F)cc1. The first-order chi connectivity index (χ1) is 7.69. The predicted octanol–water partition coefficient (Wildman–Crippen LogP) is 3.98. The van der Waals surface area contributed by atoms with E-state index in [0.717, 1.165) is 18.4 Å². The van der Waals surface area contributed by atoms with Gasteiger partial charge in [-0.25, -0.2) is 4.39 Å². The topological polar surface area (TPSA) is 9.23 Å². The van der Waals surface area contributed by atoms with Gasteiger partial charge in [0.1, 0.15) is 5.82 Å². The van der Waals surface area contributed by atoms with E-state index in [1.807, 2.05) is 12.1 Å². The molecule has 0 aliphatic heterocycles. The van der Waals surface area contributed by atoms with E-state index in [4.69, 9.17) is 4.74 Å². The Bertz CT molecular complexity index is 299. The summed E-state index contributed by atoms with van der Waals surface area (Å²) < 4.78 is 17.9. The molecule has 0 aromatic heterocycles. The molecule has 0 bridgehead atoms. The second-order valence-electron chi connectivity index (χ2n) is 4.07. The maximum Gasteiger partial charge on any atom is 0.123 e. The van der Waals surface area contributed by atoms with Crippen LogP contribution in [0.1, 0.15) is 24.8 Å². The minimum absolute atomic E-state index is 0.179. The Labute approximate surface area is 105 Å². The lowest BCUT2D eigenvalue weighted by Crippen LogP contribution is -2.13. The van der Waals surface area contributed by atoms with E-state index in [1.54, 1.807) is 7.11 Å². The Morgan fingerprint density at radius 2 is 1.94 bits per heavy atom. The molecular formula is C13H18BrFO. The second kappa shape index (κ2) is 7.02. The normalized spacial score (nSPS) is 14.8. The minimum Gasteiger partial charge on any atom is -0.385 e. The van der Waals surface area contributed by atoms with Crippen LogP contribution in [0.25, 0.3) is 0 Å². The highest BCUT2D eigenvalue weighted by Crippen LogP contribution is 2.28. The molecule has 1 nitrogen and oxygen atoms in total. The lowest BCUT2D eigenvalue weighted by atomic mass is 9.87. The van der Waals surface area contributed by atoms with Gasteiger partial charge in [0.15, 0.2) is 0 Å². The summed E-state index contributed by atoms with van der Waals surface area (Å²) in [6.45, 7) is 2.97. The van der Waals surface area contributed by atoms with E-state index in [0.29, 0.717) is 11.8 Å². The molecule has 0 saturated carbocycles. The minimum atomic E-state index is -0.179. The van der Waals surface area contributed by atoms with Crippen molar-refractivity contribution >= 4 is 15.9 Å². The zero-order chi connectivity index (χ0) is 12.0. The molecule has 0 radical (unpaired) electrons. The molecule has 0 amide bonds. The smallest absolute Gasteiger partial charge is 0.123 e. The Morgan fingerprint density at radius 1 is 1.31 bits per heavy atom. The van der Waals surface area contributed by atoms with E-state index in [-0.39, 0.29) is 5.82 Å². The molecule has 0 aliphatic carbocycles. The summed E-state index contributed by atoms with van der Waals surface area (Å²) in [5.74, 6) is 0.752. The quantitative estimate of drug-likeness (QED) is 0.720. The fourth-order valence-electron chi connectivity index (χ4n) is 1.78. The largest absolute Gasteiger partial charge is 0.385 e. The zero-order valence-electron chi connectivity index (χ0n) is 9.75. The summed E-state index contributed by atoms with van der Waals surface area (Å²) in [6.07, 6.45) is 1.02. The third kappa shape index (κ3) is 3.87. The van der Waals surface area contributed by atoms with Gasteiger partial charge in [-0.1, -0.05) is 35.0 Å². The number of hydrogen-bond donors (Lipinski definition) is 0. The molecule has 0 aliphatic rings. The second-order valence-corrected chi connectivity index (χ2v) is 4.72. The Morgan fingerprint density at radius 3 is 2.44 bits per heavy atom. The summed E-state index contributed by atoms with van der Waals surface area (Å²) in [5.41, 5.74) is 1.18. The first kappa shape index (κ1) is 13.7. The van der Waals surface area contributed by atoms with Gasteiger partial charge in [0.2, 0.25) is 0 Å². The standard InChI is InChI=1S/C13H18BrFO/c1-10(7-8-16-2)13(9-14)11-3-5-12(15)6-4-11/h3-6,10,13H,7-9H2,1-2H3. The summed E-state index contributed by atoms with van der Waals surface area (Å²) >= 11 is 3.53. The number of ether oxygens (including phenoxy) is 1. The Hall–Kier alpha value is -0.410. The molecule has 0 fully saturated rings. The summed E-state index contributed by atoms with van der Waals surface area (Å²) in [4.78, 5) is 0. The molecule has 0 saturated heterocycles. The summed E-state index contributed by atoms with van der Waals surface area (Å²) in [6, 6.07) is 6.77. The third-order valence-corrected chi connectivity index (χ3v) is 3.63. The predicted molar refractivity (Wildman–Crippen MR) is 68.6 cm³/mol. The number of methoxy groups -OCH3 is 1. The molecule has 90 valence electrons. The van der Waals surface area contributed by atoms with Crippen molar-refractivity contribution in [2.45, 2.75) is 19.3 Å². The third-order valence-electron chi connectivity index (χ3n) is 2.93. The summed E-state index contributed by atoms with van der Waals surface area (Å²) in [7, 11) is 1.72. The molecule has 2 atom stereocenters. The zero-order valence-corrected chi connectivity index (χ0v) is 11.3. The number of benzene rings is 1. The van der Waals surface area contributed by atoms with E-state index < -0.39 is 0 Å². The van der Waals surface area contributed by atoms with Crippen molar-refractivity contribution in [3.05, 3.63) is 35.6 Å². The highest BCUT2D eigenvalue weighted by Gasteiger charge is 2.17. The molecule has 0 spiro atoms. The number of alkyl halides is 1. The molecule has 1 rings (SSSR count). The van der Waals surface area contributed by atoms with Crippen molar-refractivity contribution in [3.63, 3.8) is 0 Å². The first-order valence-electron chi connectivity index (χ1n) is 5.49. The highest BCUT2D eigenvalue weighted by atomic mass is 79.9. The van der Waals surface area contributed by atoms with Crippen LogP contribution in [-0.2, 0) is 4.74 Å². The van der Waals surface area contributed by atoms with Gasteiger partial charge < -0.3 is 4.74 Å². The lowest BCUT2D eigenvalue weighted by Gasteiger charge is -2.22. The van der Waals surface area contributed by atoms with Crippen LogP contribution in [0.15, 0.2) is 24.3 Å². The molecule has 0 heterocycles. The van der Waals surface area contributed by atoms with E-state index in [2.05, 4.69) is 22.9 Å². The maximum atomic E-state index is 12.8. The van der Waals surface area contributed by atoms with Gasteiger partial charge in [-0.3, -0.25) is 0 Å². The van der Waals surface area contributed by atoms with Crippen molar-refractivity contribution in [1.82, 2.24) is 0 Å². The molecule has 2 unspecified atom stereocenters. The van der Waals surface area contributed by atoms with Crippen molar-refractivity contribution in [3.8, 4) is 0 Å². The number of halogens is 2. The van der Waals surface area contributed by atoms with Crippen LogP contribution in [0.4, 0.5) is 4.39 Å². The highest BCUT2D eigenvalue weighted by molar-refractivity contribution is 9.09. The Kier molecular flexibility index (Phi) is 5.99. The van der Waals surface area contributed by atoms with Gasteiger partial charge >= 0.3 is 0 Å². The average molecular weight is 289 g/mol. The van der Waals surface area contributed by atoms with Crippen LogP contribution in [0.2, 0.25) is 0 Å². The van der Waals surface area contributed by atoms with Gasteiger partial charge in [0.25, 0.3) is 0 Å². The molecular weight excluding hydrogens is 271 g/mol. The molecule has 1 aromatic rings. The molecule has 16 heavy (non-hydrogen) atoms. The van der Waals surface area contributed by atoms with Gasteiger partial charge in [-0.15, -0.1) is 0 Å². The number of hydrogen-bond acceptors (Lipinski definition) is 1.